The predicted molar refractivity (Wildman–Crippen MR) is 189 cm³/mol. The van der Waals surface area contributed by atoms with Crippen LogP contribution in [-0.4, -0.2) is 65.8 Å². The fourth-order valence-electron chi connectivity index (χ4n) is 4.61. The molecule has 12 nitrogen and oxygen atoms in total. The van der Waals surface area contributed by atoms with Crippen molar-refractivity contribution in [3.63, 3.8) is 0 Å². The number of ether oxygens (including phenoxy) is 1. The fourth-order valence-corrected chi connectivity index (χ4v) is 5.65. The van der Waals surface area contributed by atoms with Gasteiger partial charge in [-0.3, -0.25) is 14.5 Å². The van der Waals surface area contributed by atoms with Crippen molar-refractivity contribution in [2.24, 2.45) is 0 Å². The number of carboxylic acid groups (broad SMARTS) is 1. The van der Waals surface area contributed by atoms with E-state index >= 15 is 0 Å². The van der Waals surface area contributed by atoms with E-state index in [1.54, 1.807) is 23.5 Å². The van der Waals surface area contributed by atoms with Crippen LogP contribution in [0.3, 0.4) is 0 Å². The summed E-state index contributed by atoms with van der Waals surface area (Å²) < 4.78 is 18.7. The Morgan fingerprint density at radius 3 is 2.19 bits per heavy atom. The average Bonchev–Trinajstić information content (AvgIpc) is 3.87. The summed E-state index contributed by atoms with van der Waals surface area (Å²) in [5.41, 5.74) is 1.97. The van der Waals surface area contributed by atoms with E-state index in [2.05, 4.69) is 67.7 Å². The van der Waals surface area contributed by atoms with Gasteiger partial charge >= 0.3 is 6.09 Å². The second-order valence-electron chi connectivity index (χ2n) is 11.3. The average molecular weight is 850 g/mol. The summed E-state index contributed by atoms with van der Waals surface area (Å²) in [6, 6.07) is 15.3. The lowest BCUT2D eigenvalue weighted by Crippen LogP contribution is -2.36. The number of aromatic amines is 1. The number of halogens is 3. The molecular formula is C33H32Br3N5O7. The van der Waals surface area contributed by atoms with Crippen LogP contribution in [0.5, 0.6) is 0 Å². The molecule has 15 heteroatoms. The number of nitrogens with one attached hydrogen (secondary N) is 1. The van der Waals surface area contributed by atoms with Gasteiger partial charge < -0.3 is 23.7 Å². The summed E-state index contributed by atoms with van der Waals surface area (Å²) in [6.07, 6.45) is 6.37. The highest BCUT2D eigenvalue weighted by atomic mass is 79.9. The smallest absolute Gasteiger partial charge is 0.410 e. The van der Waals surface area contributed by atoms with Gasteiger partial charge in [-0.2, -0.15) is 0 Å². The van der Waals surface area contributed by atoms with E-state index in [9.17, 15) is 9.59 Å². The largest absolute Gasteiger partial charge is 0.483 e. The predicted octanol–water partition coefficient (Wildman–Crippen LogP) is 8.95. The number of likely N-dealkylation sites (tertiary alicyclic amines) is 1. The molecule has 0 unspecified atom stereocenters. The van der Waals surface area contributed by atoms with Crippen LogP contribution in [0.15, 0.2) is 84.9 Å². The molecule has 48 heavy (non-hydrogen) atoms. The monoisotopic (exact) mass is 847 g/mol. The third-order valence-electron chi connectivity index (χ3n) is 6.61. The normalized spacial score (nSPS) is 14.0. The number of aromatic nitrogens is 4. The van der Waals surface area contributed by atoms with Crippen LogP contribution in [0.2, 0.25) is 0 Å². The molecule has 1 saturated heterocycles. The first-order valence-electron chi connectivity index (χ1n) is 14.6. The van der Waals surface area contributed by atoms with Crippen LogP contribution in [0, 0.1) is 0 Å². The highest BCUT2D eigenvalue weighted by Gasteiger charge is 2.35. The van der Waals surface area contributed by atoms with E-state index in [1.807, 2.05) is 69.3 Å². The zero-order chi connectivity index (χ0) is 34.8. The number of imidazole rings is 1. The molecule has 1 fully saturated rings. The zero-order valence-corrected chi connectivity index (χ0v) is 30.9. The minimum absolute atomic E-state index is 0.131. The summed E-state index contributed by atoms with van der Waals surface area (Å²) in [7, 11) is 0. The van der Waals surface area contributed by atoms with Gasteiger partial charge in [-0.25, -0.2) is 19.7 Å². The Morgan fingerprint density at radius 2 is 1.60 bits per heavy atom. The maximum Gasteiger partial charge on any atom is 0.410 e. The third kappa shape index (κ3) is 9.97. The number of H-pyrrole nitrogens is 1. The van der Waals surface area contributed by atoms with Gasteiger partial charge in [-0.15, -0.1) is 0 Å². The number of ketones is 1. The van der Waals surface area contributed by atoms with Crippen LogP contribution >= 0.6 is 47.8 Å². The number of nitrogens with zero attached hydrogens (tertiary/aromatic N) is 4. The van der Waals surface area contributed by atoms with Crippen molar-refractivity contribution in [1.82, 2.24) is 24.8 Å². The minimum atomic E-state index is -0.528. The van der Waals surface area contributed by atoms with E-state index in [0.717, 1.165) is 32.9 Å². The van der Waals surface area contributed by atoms with Gasteiger partial charge in [-0.05, 0) is 57.9 Å². The molecule has 5 aromatic rings. The van der Waals surface area contributed by atoms with Crippen molar-refractivity contribution < 1.29 is 33.1 Å². The van der Waals surface area contributed by atoms with E-state index in [0.29, 0.717) is 35.5 Å². The lowest BCUT2D eigenvalue weighted by Gasteiger charge is -2.27. The van der Waals surface area contributed by atoms with Crippen molar-refractivity contribution >= 4 is 66.1 Å². The van der Waals surface area contributed by atoms with Crippen LogP contribution in [0.1, 0.15) is 56.2 Å². The van der Waals surface area contributed by atoms with E-state index < -0.39 is 5.60 Å². The molecule has 4 heterocycles. The van der Waals surface area contributed by atoms with E-state index in [4.69, 9.17) is 23.5 Å². The molecule has 2 aromatic carbocycles. The van der Waals surface area contributed by atoms with Crippen molar-refractivity contribution in [2.45, 2.75) is 45.3 Å². The Hall–Kier alpha value is -4.08. The number of oxazole rings is 2. The number of Topliss-reactive ketones (excluding diaryl/α,β-unsaturated/α-hetero) is 1. The van der Waals surface area contributed by atoms with Crippen molar-refractivity contribution in [3.05, 3.63) is 87.8 Å². The van der Waals surface area contributed by atoms with Gasteiger partial charge in [0.15, 0.2) is 11.5 Å². The Balaban J connectivity index is 0.000000231. The highest BCUT2D eigenvalue weighted by Crippen LogP contribution is 2.33. The molecule has 0 spiro atoms. The quantitative estimate of drug-likeness (QED) is 0.0958. The molecule has 6 rings (SSSR count). The van der Waals surface area contributed by atoms with Gasteiger partial charge in [0, 0.05) is 26.6 Å². The van der Waals surface area contributed by atoms with Gasteiger partial charge in [-0.1, -0.05) is 72.1 Å². The van der Waals surface area contributed by atoms with Crippen LogP contribution in [0.25, 0.3) is 34.2 Å². The number of amides is 1. The fraction of sp³-hybridized carbons (Fsp3) is 0.273. The van der Waals surface area contributed by atoms with Crippen molar-refractivity contribution in [2.75, 3.05) is 11.9 Å². The highest BCUT2D eigenvalue weighted by molar-refractivity contribution is 9.10. The van der Waals surface area contributed by atoms with E-state index in [1.165, 1.54) is 0 Å². The van der Waals surface area contributed by atoms with E-state index in [-0.39, 0.29) is 35.6 Å². The molecule has 1 amide bonds. The zero-order valence-electron chi connectivity index (χ0n) is 26.2. The van der Waals surface area contributed by atoms with Crippen molar-refractivity contribution in [3.8, 4) is 34.2 Å². The molecule has 3 aromatic heterocycles. The number of carbonyl (C=O) groups excluding carboxylic acids is 2. The number of carbonyl (C=O) groups is 3. The number of rotatable bonds is 6. The number of alkyl halides is 1. The lowest BCUT2D eigenvalue weighted by atomic mass is 10.2. The third-order valence-corrected chi connectivity index (χ3v) is 8.11. The number of hydrogen-bond acceptors (Lipinski definition) is 9. The first kappa shape index (κ1) is 36.8. The maximum absolute atomic E-state index is 12.5. The summed E-state index contributed by atoms with van der Waals surface area (Å²) >= 11 is 9.91. The standard InChI is InChI=1S/C21H23BrN4O3.C11H7Br2NO2.CH2O2/c1-21(2,3)29-20(27)26-9-5-8-16(26)18-23-11-15(25-18)19-24-12-17(28-19)13-6-4-7-14(22)10-13;12-5-9(15)11-14-6-10(16-11)7-2-1-3-8(13)4-7;2-1-3/h4,6-7,10-12,16H,5,8-9H2,1-3H3,(H,23,25);1-4,6H,5H2;1H,(H,2,3)/t16-;;/m0../s1. The van der Waals surface area contributed by atoms with Crippen LogP contribution < -0.4 is 0 Å². The van der Waals surface area contributed by atoms with Gasteiger partial charge in [0.2, 0.25) is 11.7 Å². The molecule has 1 aliphatic heterocycles. The Kier molecular flexibility index (Phi) is 12.9. The molecule has 0 bridgehead atoms. The second-order valence-corrected chi connectivity index (χ2v) is 13.6. The maximum atomic E-state index is 12.5. The number of hydrogen-bond donors (Lipinski definition) is 2. The Morgan fingerprint density at radius 1 is 1.00 bits per heavy atom. The van der Waals surface area contributed by atoms with Crippen LogP contribution in [0.4, 0.5) is 4.79 Å². The van der Waals surface area contributed by atoms with Gasteiger partial charge in [0.25, 0.3) is 12.4 Å². The summed E-state index contributed by atoms with van der Waals surface area (Å²) in [5.74, 6) is 2.40. The van der Waals surface area contributed by atoms with Gasteiger partial charge in [0.05, 0.1) is 30.0 Å². The molecule has 0 radical (unpaired) electrons. The molecular weight excluding hydrogens is 818 g/mol. The molecule has 1 atom stereocenters. The molecule has 2 N–H and O–H groups in total. The molecule has 0 aliphatic carbocycles. The second kappa shape index (κ2) is 16.8. The summed E-state index contributed by atoms with van der Waals surface area (Å²) in [5, 5.41) is 7.10. The Bertz CT molecular complexity index is 1850. The molecule has 0 saturated carbocycles. The SMILES string of the molecule is CC(C)(C)OC(=O)N1CCC[C@H]1c1ncc(-c2ncc(-c3cccc(Br)c3)o2)[nH]1.O=C(CBr)c1ncc(-c2cccc(Br)c2)o1.O=CO. The Labute approximate surface area is 301 Å². The number of benzene rings is 2. The first-order chi connectivity index (χ1) is 22.9. The van der Waals surface area contributed by atoms with Crippen molar-refractivity contribution in [1.29, 1.82) is 0 Å². The lowest BCUT2D eigenvalue weighted by molar-refractivity contribution is -0.122. The first-order valence-corrected chi connectivity index (χ1v) is 17.3. The topological polar surface area (TPSA) is 165 Å². The minimum Gasteiger partial charge on any atom is -0.483 e. The van der Waals surface area contributed by atoms with Crippen LogP contribution in [-0.2, 0) is 9.53 Å². The summed E-state index contributed by atoms with van der Waals surface area (Å²) in [6.45, 7) is 6.01. The summed E-state index contributed by atoms with van der Waals surface area (Å²) in [4.78, 5) is 50.0. The molecule has 1 aliphatic rings. The van der Waals surface area contributed by atoms with Gasteiger partial charge in [0.1, 0.15) is 17.1 Å². The molecule has 252 valence electrons.